The summed E-state index contributed by atoms with van der Waals surface area (Å²) in [4.78, 5) is 4.24. The third-order valence-electron chi connectivity index (χ3n) is 3.25. The first kappa shape index (κ1) is 14.7. The summed E-state index contributed by atoms with van der Waals surface area (Å²) in [7, 11) is 0. The number of hydrogen-bond acceptors (Lipinski definition) is 4. The number of halogens is 1. The molecular formula is C18H12FN3O. The number of nitrogens with zero attached hydrogens (tertiary/aromatic N) is 3. The minimum atomic E-state index is -0.373. The van der Waals surface area contributed by atoms with Crippen LogP contribution in [-0.2, 0) is 0 Å². The van der Waals surface area contributed by atoms with E-state index >= 15 is 0 Å². The van der Waals surface area contributed by atoms with Crippen LogP contribution in [0, 0.1) is 24.1 Å². The fourth-order valence-electron chi connectivity index (χ4n) is 2.06. The van der Waals surface area contributed by atoms with Gasteiger partial charge in [0.2, 0.25) is 5.82 Å². The minimum Gasteiger partial charge on any atom is -0.333 e. The Morgan fingerprint density at radius 2 is 2.00 bits per heavy atom. The molecule has 0 radical (unpaired) electrons. The lowest BCUT2D eigenvalue weighted by molar-refractivity contribution is 0.409. The van der Waals surface area contributed by atoms with Crippen LogP contribution in [0.1, 0.15) is 17.0 Å². The van der Waals surface area contributed by atoms with E-state index in [0.717, 1.165) is 11.1 Å². The monoisotopic (exact) mass is 305 g/mol. The summed E-state index contributed by atoms with van der Waals surface area (Å²) in [6.07, 6.45) is 1.51. The number of rotatable bonds is 3. The zero-order valence-corrected chi connectivity index (χ0v) is 12.3. The van der Waals surface area contributed by atoms with Crippen LogP contribution in [0.4, 0.5) is 4.39 Å². The molecule has 0 bridgehead atoms. The molecule has 1 heterocycles. The van der Waals surface area contributed by atoms with Crippen molar-refractivity contribution in [1.82, 2.24) is 10.1 Å². The average molecular weight is 305 g/mol. The van der Waals surface area contributed by atoms with Gasteiger partial charge in [-0.2, -0.15) is 10.2 Å². The van der Waals surface area contributed by atoms with Crippen LogP contribution >= 0.6 is 0 Å². The van der Waals surface area contributed by atoms with Crippen molar-refractivity contribution >= 4 is 11.6 Å². The van der Waals surface area contributed by atoms with Crippen LogP contribution in [0.2, 0.25) is 0 Å². The lowest BCUT2D eigenvalue weighted by atomic mass is 10.1. The van der Waals surface area contributed by atoms with Crippen molar-refractivity contribution in [3.05, 3.63) is 71.4 Å². The molecule has 3 rings (SSSR count). The second-order valence-corrected chi connectivity index (χ2v) is 5.01. The Labute approximate surface area is 132 Å². The maximum atomic E-state index is 13.2. The highest BCUT2D eigenvalue weighted by Gasteiger charge is 2.13. The predicted molar refractivity (Wildman–Crippen MR) is 84.4 cm³/mol. The van der Waals surface area contributed by atoms with Gasteiger partial charge in [0.1, 0.15) is 17.5 Å². The smallest absolute Gasteiger partial charge is 0.268 e. The molecule has 4 nitrogen and oxygen atoms in total. The number of aryl methyl sites for hydroxylation is 1. The number of benzene rings is 2. The second-order valence-electron chi connectivity index (χ2n) is 5.01. The van der Waals surface area contributed by atoms with Crippen molar-refractivity contribution in [2.24, 2.45) is 0 Å². The first-order chi connectivity index (χ1) is 11.2. The van der Waals surface area contributed by atoms with Gasteiger partial charge in [0, 0.05) is 5.56 Å². The molecule has 0 aliphatic heterocycles. The molecule has 0 atom stereocenters. The lowest BCUT2D eigenvalue weighted by Gasteiger charge is -1.95. The Kier molecular flexibility index (Phi) is 3.98. The average Bonchev–Trinajstić information content (AvgIpc) is 3.03. The first-order valence-corrected chi connectivity index (χ1v) is 6.94. The van der Waals surface area contributed by atoms with E-state index in [1.165, 1.54) is 18.2 Å². The highest BCUT2D eigenvalue weighted by Crippen LogP contribution is 2.21. The van der Waals surface area contributed by atoms with E-state index in [9.17, 15) is 9.65 Å². The molecule has 2 aromatic carbocycles. The quantitative estimate of drug-likeness (QED) is 0.679. The van der Waals surface area contributed by atoms with Gasteiger partial charge in [-0.1, -0.05) is 47.1 Å². The molecular weight excluding hydrogens is 293 g/mol. The summed E-state index contributed by atoms with van der Waals surface area (Å²) in [6.45, 7) is 1.99. The van der Waals surface area contributed by atoms with E-state index in [-0.39, 0.29) is 17.3 Å². The van der Waals surface area contributed by atoms with E-state index in [4.69, 9.17) is 4.52 Å². The summed E-state index contributed by atoms with van der Waals surface area (Å²) < 4.78 is 18.4. The van der Waals surface area contributed by atoms with Crippen LogP contribution in [0.3, 0.4) is 0 Å². The summed E-state index contributed by atoms with van der Waals surface area (Å²) in [5, 5.41) is 13.2. The van der Waals surface area contributed by atoms with Crippen molar-refractivity contribution in [2.45, 2.75) is 6.92 Å². The molecule has 112 valence electrons. The molecule has 0 spiro atoms. The maximum absolute atomic E-state index is 13.2. The van der Waals surface area contributed by atoms with Crippen molar-refractivity contribution in [3.63, 3.8) is 0 Å². The zero-order chi connectivity index (χ0) is 16.2. The van der Waals surface area contributed by atoms with Gasteiger partial charge in [-0.15, -0.1) is 0 Å². The highest BCUT2D eigenvalue weighted by atomic mass is 19.1. The van der Waals surface area contributed by atoms with Crippen LogP contribution < -0.4 is 0 Å². The van der Waals surface area contributed by atoms with Crippen LogP contribution in [0.5, 0.6) is 0 Å². The highest BCUT2D eigenvalue weighted by molar-refractivity contribution is 5.86. The van der Waals surface area contributed by atoms with Crippen molar-refractivity contribution in [2.75, 3.05) is 0 Å². The maximum Gasteiger partial charge on any atom is 0.268 e. The molecule has 0 unspecified atom stereocenters. The molecule has 0 saturated carbocycles. The molecule has 23 heavy (non-hydrogen) atoms. The molecule has 0 aliphatic rings. The van der Waals surface area contributed by atoms with E-state index in [2.05, 4.69) is 10.1 Å². The Bertz CT molecular complexity index is 905. The molecule has 3 aromatic rings. The van der Waals surface area contributed by atoms with Crippen LogP contribution in [0.15, 0.2) is 53.1 Å². The number of allylic oxidation sites excluding steroid dienone is 1. The van der Waals surface area contributed by atoms with Gasteiger partial charge < -0.3 is 4.52 Å². The summed E-state index contributed by atoms with van der Waals surface area (Å²) in [6, 6.07) is 15.6. The predicted octanol–water partition coefficient (Wildman–Crippen LogP) is 4.25. The largest absolute Gasteiger partial charge is 0.333 e. The third-order valence-corrected chi connectivity index (χ3v) is 3.25. The van der Waals surface area contributed by atoms with Crippen LogP contribution in [0.25, 0.3) is 23.0 Å². The summed E-state index contributed by atoms with van der Waals surface area (Å²) in [5.74, 6) is 0.134. The number of nitriles is 1. The number of hydrogen-bond donors (Lipinski definition) is 0. The molecule has 0 N–H and O–H groups in total. The lowest BCUT2D eigenvalue weighted by Crippen LogP contribution is -1.85. The minimum absolute atomic E-state index is 0.104. The van der Waals surface area contributed by atoms with Gasteiger partial charge in [0.05, 0.1) is 0 Å². The van der Waals surface area contributed by atoms with Gasteiger partial charge in [0.25, 0.3) is 5.89 Å². The Hall–Kier alpha value is -3.26. The summed E-state index contributed by atoms with van der Waals surface area (Å²) in [5.41, 5.74) is 2.66. The summed E-state index contributed by atoms with van der Waals surface area (Å²) >= 11 is 0. The Morgan fingerprint density at radius 1 is 1.22 bits per heavy atom. The number of aromatic nitrogens is 2. The van der Waals surface area contributed by atoms with Gasteiger partial charge in [-0.05, 0) is 30.7 Å². The fourth-order valence-corrected chi connectivity index (χ4v) is 2.06. The Morgan fingerprint density at radius 3 is 2.70 bits per heavy atom. The first-order valence-electron chi connectivity index (χ1n) is 6.94. The molecule has 0 amide bonds. The standard InChI is InChI=1S/C18H12FN3O/c1-12-5-7-14(8-6-12)17-21-18(23-22-17)15(11-20)9-13-3-2-4-16(19)10-13/h2-10H,1H3. The van der Waals surface area contributed by atoms with Crippen molar-refractivity contribution in [1.29, 1.82) is 5.26 Å². The molecule has 0 saturated heterocycles. The molecule has 0 fully saturated rings. The normalized spacial score (nSPS) is 11.3. The Balaban J connectivity index is 1.94. The molecule has 0 aliphatic carbocycles. The zero-order valence-electron chi connectivity index (χ0n) is 12.3. The second kappa shape index (κ2) is 6.24. The van der Waals surface area contributed by atoms with Gasteiger partial charge in [0.15, 0.2) is 0 Å². The SMILES string of the molecule is Cc1ccc(-c2noc(C(C#N)=Cc3cccc(F)c3)n2)cc1. The van der Waals surface area contributed by atoms with Gasteiger partial charge in [-0.3, -0.25) is 0 Å². The molecule has 1 aromatic heterocycles. The third kappa shape index (κ3) is 3.33. The van der Waals surface area contributed by atoms with E-state index in [1.807, 2.05) is 37.3 Å². The molecule has 5 heteroatoms. The van der Waals surface area contributed by atoms with E-state index in [1.54, 1.807) is 12.1 Å². The van der Waals surface area contributed by atoms with Gasteiger partial charge in [-0.25, -0.2) is 4.39 Å². The topological polar surface area (TPSA) is 62.7 Å². The van der Waals surface area contributed by atoms with E-state index in [0.29, 0.717) is 11.4 Å². The van der Waals surface area contributed by atoms with Crippen LogP contribution in [-0.4, -0.2) is 10.1 Å². The van der Waals surface area contributed by atoms with E-state index < -0.39 is 0 Å². The fraction of sp³-hybridized carbons (Fsp3) is 0.0556. The van der Waals surface area contributed by atoms with Crippen molar-refractivity contribution in [3.8, 4) is 17.5 Å². The van der Waals surface area contributed by atoms with Gasteiger partial charge >= 0.3 is 0 Å². The van der Waals surface area contributed by atoms with Crippen molar-refractivity contribution < 1.29 is 8.91 Å².